The van der Waals surface area contributed by atoms with Crippen LogP contribution in [0, 0.1) is 17.9 Å². The smallest absolute Gasteiger partial charge is 0.243 e. The maximum atomic E-state index is 13.1. The molecule has 0 saturated carbocycles. The van der Waals surface area contributed by atoms with Crippen molar-refractivity contribution in [1.29, 1.82) is 5.26 Å². The Morgan fingerprint density at radius 3 is 2.26 bits per heavy atom. The maximum Gasteiger partial charge on any atom is 0.243 e. The number of carbonyl (C=O) groups excluding carboxylic acids is 1. The van der Waals surface area contributed by atoms with Crippen LogP contribution in [0.25, 0.3) is 4.85 Å². The van der Waals surface area contributed by atoms with E-state index in [1.165, 1.54) is 4.31 Å². The van der Waals surface area contributed by atoms with Gasteiger partial charge >= 0.3 is 0 Å². The summed E-state index contributed by atoms with van der Waals surface area (Å²) in [6.45, 7) is 10.8. The lowest BCUT2D eigenvalue weighted by Gasteiger charge is -2.35. The molecular formula is C27H26N6O3S2. The van der Waals surface area contributed by atoms with Crippen molar-refractivity contribution in [2.24, 2.45) is 5.73 Å². The minimum Gasteiger partial charge on any atom is -0.368 e. The van der Waals surface area contributed by atoms with Crippen molar-refractivity contribution in [1.82, 2.24) is 9.29 Å². The monoisotopic (exact) mass is 546 g/mol. The molecule has 1 aliphatic rings. The van der Waals surface area contributed by atoms with Crippen LogP contribution in [0.15, 0.2) is 70.6 Å². The first kappa shape index (κ1) is 27.1. The largest absolute Gasteiger partial charge is 0.368 e. The summed E-state index contributed by atoms with van der Waals surface area (Å²) in [4.78, 5) is 22.9. The molecule has 0 spiro atoms. The van der Waals surface area contributed by atoms with Gasteiger partial charge in [0.25, 0.3) is 0 Å². The molecule has 1 unspecified atom stereocenters. The van der Waals surface area contributed by atoms with Crippen LogP contribution in [0.3, 0.4) is 0 Å². The number of sulfonamides is 1. The lowest BCUT2D eigenvalue weighted by Crippen LogP contribution is -2.49. The molecule has 1 aromatic heterocycles. The van der Waals surface area contributed by atoms with Gasteiger partial charge in [0.15, 0.2) is 0 Å². The molecule has 194 valence electrons. The number of pyridine rings is 1. The normalized spacial score (nSPS) is 14.9. The maximum absolute atomic E-state index is 13.1. The number of nitrogens with two attached hydrogens (primary N) is 1. The van der Waals surface area contributed by atoms with Gasteiger partial charge in [-0.3, -0.25) is 4.79 Å². The first-order chi connectivity index (χ1) is 18.3. The van der Waals surface area contributed by atoms with E-state index in [4.69, 9.17) is 17.3 Å². The molecular weight excluding hydrogens is 520 g/mol. The van der Waals surface area contributed by atoms with Crippen molar-refractivity contribution < 1.29 is 13.2 Å². The van der Waals surface area contributed by atoms with Crippen LogP contribution in [0.2, 0.25) is 0 Å². The Bertz CT molecular complexity index is 1510. The molecule has 1 atom stereocenters. The predicted octanol–water partition coefficient (Wildman–Crippen LogP) is 3.90. The third kappa shape index (κ3) is 5.36. The molecule has 1 aliphatic heterocycles. The molecule has 2 aromatic carbocycles. The van der Waals surface area contributed by atoms with Crippen molar-refractivity contribution in [2.75, 3.05) is 31.1 Å². The van der Waals surface area contributed by atoms with Gasteiger partial charge in [-0.2, -0.15) is 9.57 Å². The van der Waals surface area contributed by atoms with Gasteiger partial charge in [-0.25, -0.2) is 18.2 Å². The fourth-order valence-electron chi connectivity index (χ4n) is 4.38. The molecule has 9 nitrogen and oxygen atoms in total. The second-order valence-corrected chi connectivity index (χ2v) is 11.6. The van der Waals surface area contributed by atoms with E-state index < -0.39 is 21.2 Å². The van der Waals surface area contributed by atoms with Gasteiger partial charge in [0.2, 0.25) is 21.6 Å². The molecule has 2 N–H and O–H groups in total. The minimum absolute atomic E-state index is 0.216. The number of piperazine rings is 1. The highest BCUT2D eigenvalue weighted by Crippen LogP contribution is 2.42. The average Bonchev–Trinajstić information content (AvgIpc) is 2.95. The lowest BCUT2D eigenvalue weighted by molar-refractivity contribution is -0.117. The molecule has 0 bridgehead atoms. The topological polar surface area (TPSA) is 125 Å². The SMILES string of the molecule is [C-]#[N+]c1c(N2CCN(S(=O)(=O)c3ccccc3)CC2)nc(SC(C(N)=O)c2ccccc2)c(C#N)c1CC. The zero-order chi connectivity index (χ0) is 27.3. The molecule has 1 fully saturated rings. The number of thioether (sulfide) groups is 1. The number of hydrogen-bond acceptors (Lipinski definition) is 7. The number of carbonyl (C=O) groups is 1. The van der Waals surface area contributed by atoms with E-state index in [0.29, 0.717) is 41.5 Å². The van der Waals surface area contributed by atoms with Crippen LogP contribution in [0.4, 0.5) is 11.5 Å². The van der Waals surface area contributed by atoms with E-state index in [0.717, 1.165) is 11.8 Å². The van der Waals surface area contributed by atoms with Crippen LogP contribution in [-0.2, 0) is 21.2 Å². The standard InChI is InChI=1S/C27H26N6O3S2/c1-3-21-22(18-28)27(37-24(25(29)34)19-10-6-4-7-11-19)31-26(23(21)30-2)32-14-16-33(17-15-32)38(35,36)20-12-8-5-9-13-20/h4-13,24H,3,14-17H2,1H3,(H2,29,34). The Hall–Kier alpha value is -3.90. The Labute approximate surface area is 226 Å². The van der Waals surface area contributed by atoms with Crippen molar-refractivity contribution in [3.63, 3.8) is 0 Å². The Morgan fingerprint density at radius 2 is 1.74 bits per heavy atom. The number of hydrogen-bond donors (Lipinski definition) is 1. The van der Waals surface area contributed by atoms with E-state index in [1.807, 2.05) is 17.9 Å². The van der Waals surface area contributed by atoms with Crippen molar-refractivity contribution in [2.45, 2.75) is 28.5 Å². The molecule has 0 aliphatic carbocycles. The van der Waals surface area contributed by atoms with Gasteiger partial charge in [-0.1, -0.05) is 67.2 Å². The van der Waals surface area contributed by atoms with Crippen LogP contribution < -0.4 is 10.6 Å². The third-order valence-electron chi connectivity index (χ3n) is 6.31. The van der Waals surface area contributed by atoms with Gasteiger partial charge in [0.05, 0.1) is 17.0 Å². The summed E-state index contributed by atoms with van der Waals surface area (Å²) < 4.78 is 27.6. The number of nitrogens with zero attached hydrogens (tertiary/aromatic N) is 5. The number of anilines is 1. The summed E-state index contributed by atoms with van der Waals surface area (Å²) >= 11 is 1.09. The lowest BCUT2D eigenvalue weighted by atomic mass is 10.1. The summed E-state index contributed by atoms with van der Waals surface area (Å²) in [5, 5.41) is 9.54. The molecule has 11 heteroatoms. The Morgan fingerprint density at radius 1 is 1.13 bits per heavy atom. The van der Waals surface area contributed by atoms with Crippen LogP contribution in [-0.4, -0.2) is 49.8 Å². The second kappa shape index (κ2) is 11.7. The van der Waals surface area contributed by atoms with Gasteiger partial charge in [-0.15, -0.1) is 0 Å². The predicted molar refractivity (Wildman–Crippen MR) is 146 cm³/mol. The first-order valence-corrected chi connectivity index (χ1v) is 14.3. The zero-order valence-corrected chi connectivity index (χ0v) is 22.4. The molecule has 38 heavy (non-hydrogen) atoms. The average molecular weight is 547 g/mol. The molecule has 4 rings (SSSR count). The molecule has 2 heterocycles. The number of nitriles is 1. The summed E-state index contributed by atoms with van der Waals surface area (Å²) in [7, 11) is -3.64. The number of benzene rings is 2. The quantitative estimate of drug-likeness (QED) is 0.336. The van der Waals surface area contributed by atoms with E-state index in [2.05, 4.69) is 10.9 Å². The highest BCUT2D eigenvalue weighted by Gasteiger charge is 2.32. The van der Waals surface area contributed by atoms with E-state index in [-0.39, 0.29) is 29.2 Å². The van der Waals surface area contributed by atoms with Crippen molar-refractivity contribution in [3.05, 3.63) is 88.8 Å². The highest BCUT2D eigenvalue weighted by molar-refractivity contribution is 8.00. The summed E-state index contributed by atoms with van der Waals surface area (Å²) in [5.74, 6) is -0.188. The van der Waals surface area contributed by atoms with E-state index in [1.54, 1.807) is 54.6 Å². The number of rotatable bonds is 8. The summed E-state index contributed by atoms with van der Waals surface area (Å²) in [5.41, 5.74) is 7.48. The summed E-state index contributed by atoms with van der Waals surface area (Å²) in [6.07, 6.45) is 0.415. The highest BCUT2D eigenvalue weighted by atomic mass is 32.2. The number of amides is 1. The third-order valence-corrected chi connectivity index (χ3v) is 9.48. The van der Waals surface area contributed by atoms with Crippen LogP contribution >= 0.6 is 11.8 Å². The van der Waals surface area contributed by atoms with Crippen LogP contribution in [0.5, 0.6) is 0 Å². The summed E-state index contributed by atoms with van der Waals surface area (Å²) in [6, 6.07) is 19.5. The van der Waals surface area contributed by atoms with Gasteiger partial charge in [0, 0.05) is 26.2 Å². The van der Waals surface area contributed by atoms with Gasteiger partial charge in [-0.05, 0) is 29.7 Å². The van der Waals surface area contributed by atoms with Crippen LogP contribution in [0.1, 0.15) is 28.9 Å². The second-order valence-electron chi connectivity index (χ2n) is 8.54. The van der Waals surface area contributed by atoms with E-state index in [9.17, 15) is 18.5 Å². The zero-order valence-electron chi connectivity index (χ0n) is 20.7. The van der Waals surface area contributed by atoms with Crippen molar-refractivity contribution in [3.8, 4) is 6.07 Å². The van der Waals surface area contributed by atoms with Gasteiger partial charge in [0.1, 0.15) is 22.2 Å². The Kier molecular flexibility index (Phi) is 8.32. The number of primary amides is 1. The first-order valence-electron chi connectivity index (χ1n) is 12.0. The molecule has 1 amide bonds. The van der Waals surface area contributed by atoms with Gasteiger partial charge < -0.3 is 10.6 Å². The van der Waals surface area contributed by atoms with Crippen molar-refractivity contribution >= 4 is 39.2 Å². The fourth-order valence-corrected chi connectivity index (χ4v) is 6.88. The van der Waals surface area contributed by atoms with E-state index >= 15 is 0 Å². The minimum atomic E-state index is -3.64. The number of aromatic nitrogens is 1. The Balaban J connectivity index is 1.69. The fraction of sp³-hybridized carbons (Fsp3) is 0.259. The molecule has 0 radical (unpaired) electrons. The molecule has 1 saturated heterocycles. The molecule has 3 aromatic rings.